The molecule has 1 heterocycles. The Bertz CT molecular complexity index is 364. The fourth-order valence-corrected chi connectivity index (χ4v) is 2.55. The van der Waals surface area contributed by atoms with E-state index < -0.39 is 5.60 Å². The van der Waals surface area contributed by atoms with Crippen LogP contribution in [0.5, 0.6) is 0 Å². The predicted molar refractivity (Wildman–Crippen MR) is 63.7 cm³/mol. The third-order valence-electron chi connectivity index (χ3n) is 3.51. The number of aliphatic hydroxyl groups is 1. The average molecular weight is 221 g/mol. The lowest BCUT2D eigenvalue weighted by Crippen LogP contribution is -2.38. The Kier molecular flexibility index (Phi) is 2.86. The van der Waals surface area contributed by atoms with Crippen LogP contribution in [0.3, 0.4) is 0 Å². The van der Waals surface area contributed by atoms with E-state index in [9.17, 15) is 5.11 Å². The quantitative estimate of drug-likeness (QED) is 0.662. The van der Waals surface area contributed by atoms with Gasteiger partial charge < -0.3 is 16.6 Å². The molecule has 0 radical (unpaired) electrons. The Labute approximate surface area is 95.7 Å². The van der Waals surface area contributed by atoms with Gasteiger partial charge in [0.15, 0.2) is 0 Å². The number of aromatic nitrogens is 1. The number of nitrogens with zero attached hydrogens (tertiary/aromatic N) is 1. The van der Waals surface area contributed by atoms with E-state index in [1.165, 1.54) is 0 Å². The van der Waals surface area contributed by atoms with Crippen LogP contribution in [-0.4, -0.2) is 16.1 Å². The summed E-state index contributed by atoms with van der Waals surface area (Å²) in [5.74, 6) is 0.443. The van der Waals surface area contributed by atoms with Crippen molar-refractivity contribution in [2.45, 2.75) is 44.2 Å². The number of rotatable bonds is 1. The maximum absolute atomic E-state index is 10.6. The molecular formula is C12H19N3O. The fourth-order valence-electron chi connectivity index (χ4n) is 2.55. The molecule has 4 nitrogen and oxygen atoms in total. The van der Waals surface area contributed by atoms with Gasteiger partial charge in [0, 0.05) is 17.8 Å². The molecule has 1 aromatic rings. The molecule has 1 aliphatic rings. The summed E-state index contributed by atoms with van der Waals surface area (Å²) in [6, 6.07) is 2.09. The molecule has 0 bridgehead atoms. The summed E-state index contributed by atoms with van der Waals surface area (Å²) in [5.41, 5.74) is 12.7. The van der Waals surface area contributed by atoms with Gasteiger partial charge in [-0.25, -0.2) is 4.98 Å². The lowest BCUT2D eigenvalue weighted by molar-refractivity contribution is -0.00503. The van der Waals surface area contributed by atoms with E-state index in [0.717, 1.165) is 24.0 Å². The van der Waals surface area contributed by atoms with E-state index in [0.29, 0.717) is 18.7 Å². The van der Waals surface area contributed by atoms with Crippen molar-refractivity contribution >= 4 is 5.82 Å². The van der Waals surface area contributed by atoms with Gasteiger partial charge in [0.2, 0.25) is 0 Å². The average Bonchev–Trinajstić information content (AvgIpc) is 2.23. The summed E-state index contributed by atoms with van der Waals surface area (Å²) < 4.78 is 0. The molecule has 0 atom stereocenters. The largest absolute Gasteiger partial charge is 0.385 e. The van der Waals surface area contributed by atoms with Crippen LogP contribution in [0.1, 0.15) is 36.8 Å². The minimum absolute atomic E-state index is 0.207. The Morgan fingerprint density at radius 3 is 2.62 bits per heavy atom. The number of nitrogen functional groups attached to an aromatic ring is 1. The summed E-state index contributed by atoms with van der Waals surface area (Å²) >= 11 is 0. The number of anilines is 1. The van der Waals surface area contributed by atoms with Crippen molar-refractivity contribution in [3.05, 3.63) is 23.4 Å². The molecule has 0 aliphatic heterocycles. The van der Waals surface area contributed by atoms with Gasteiger partial charge in [-0.3, -0.25) is 0 Å². The van der Waals surface area contributed by atoms with Crippen LogP contribution in [0.2, 0.25) is 0 Å². The van der Waals surface area contributed by atoms with Crippen LogP contribution >= 0.6 is 0 Å². The first-order valence-electron chi connectivity index (χ1n) is 5.72. The van der Waals surface area contributed by atoms with Gasteiger partial charge in [-0.1, -0.05) is 0 Å². The first-order chi connectivity index (χ1) is 7.53. The second-order valence-electron chi connectivity index (χ2n) is 4.76. The molecule has 0 aromatic carbocycles. The molecule has 4 heteroatoms. The molecule has 0 saturated heterocycles. The van der Waals surface area contributed by atoms with Crippen molar-refractivity contribution in [1.82, 2.24) is 4.98 Å². The topological polar surface area (TPSA) is 85.2 Å². The first kappa shape index (κ1) is 11.4. The number of aryl methyl sites for hydroxylation is 1. The molecule has 0 unspecified atom stereocenters. The Morgan fingerprint density at radius 2 is 2.06 bits per heavy atom. The Hall–Kier alpha value is -1.13. The molecular weight excluding hydrogens is 202 g/mol. The van der Waals surface area contributed by atoms with Crippen LogP contribution in [0.25, 0.3) is 0 Å². The van der Waals surface area contributed by atoms with Crippen molar-refractivity contribution in [3.8, 4) is 0 Å². The van der Waals surface area contributed by atoms with Gasteiger partial charge in [0.1, 0.15) is 5.82 Å². The van der Waals surface area contributed by atoms with E-state index in [-0.39, 0.29) is 6.04 Å². The molecule has 1 aliphatic carbocycles. The van der Waals surface area contributed by atoms with Crippen LogP contribution < -0.4 is 11.5 Å². The predicted octanol–water partition coefficient (Wildman–Crippen LogP) is 1.06. The highest BCUT2D eigenvalue weighted by atomic mass is 16.3. The van der Waals surface area contributed by atoms with Crippen molar-refractivity contribution in [1.29, 1.82) is 0 Å². The monoisotopic (exact) mass is 221 g/mol. The third kappa shape index (κ3) is 1.90. The molecule has 2 rings (SSSR count). The smallest absolute Gasteiger partial charge is 0.129 e. The molecule has 1 saturated carbocycles. The Morgan fingerprint density at radius 1 is 1.44 bits per heavy atom. The van der Waals surface area contributed by atoms with Gasteiger partial charge in [0.25, 0.3) is 0 Å². The molecule has 88 valence electrons. The van der Waals surface area contributed by atoms with Crippen LogP contribution in [0.4, 0.5) is 5.82 Å². The summed E-state index contributed by atoms with van der Waals surface area (Å²) in [7, 11) is 0. The van der Waals surface area contributed by atoms with Gasteiger partial charge in [-0.05, 0) is 44.2 Å². The van der Waals surface area contributed by atoms with Crippen molar-refractivity contribution in [2.75, 3.05) is 5.73 Å². The van der Waals surface area contributed by atoms with Crippen LogP contribution in [0, 0.1) is 6.92 Å². The number of pyridine rings is 1. The van der Waals surface area contributed by atoms with Gasteiger partial charge >= 0.3 is 0 Å². The number of hydrogen-bond donors (Lipinski definition) is 3. The van der Waals surface area contributed by atoms with Crippen molar-refractivity contribution < 1.29 is 5.11 Å². The van der Waals surface area contributed by atoms with Gasteiger partial charge in [-0.15, -0.1) is 0 Å². The number of nitrogens with two attached hydrogens (primary N) is 2. The van der Waals surface area contributed by atoms with Crippen LogP contribution in [0.15, 0.2) is 12.3 Å². The van der Waals surface area contributed by atoms with E-state index >= 15 is 0 Å². The highest BCUT2D eigenvalue weighted by Crippen LogP contribution is 2.39. The summed E-state index contributed by atoms with van der Waals surface area (Å²) in [5, 5.41) is 10.6. The molecule has 16 heavy (non-hydrogen) atoms. The zero-order valence-corrected chi connectivity index (χ0v) is 9.61. The molecule has 0 amide bonds. The second-order valence-corrected chi connectivity index (χ2v) is 4.76. The molecule has 0 spiro atoms. The molecule has 1 fully saturated rings. The highest BCUT2D eigenvalue weighted by Gasteiger charge is 2.36. The second kappa shape index (κ2) is 4.03. The fraction of sp³-hybridized carbons (Fsp3) is 0.583. The molecule has 1 aromatic heterocycles. The standard InChI is InChI=1S/C12H19N3O/c1-8-4-7-15-11(14)10(8)12(16)5-2-9(13)3-6-12/h4,7,9,16H,2-3,5-6,13H2,1H3,(H2,14,15). The zero-order chi connectivity index (χ0) is 11.8. The van der Waals surface area contributed by atoms with Crippen LogP contribution in [-0.2, 0) is 5.60 Å². The maximum Gasteiger partial charge on any atom is 0.129 e. The van der Waals surface area contributed by atoms with E-state index in [1.807, 2.05) is 13.0 Å². The summed E-state index contributed by atoms with van der Waals surface area (Å²) in [4.78, 5) is 4.07. The van der Waals surface area contributed by atoms with E-state index in [4.69, 9.17) is 11.5 Å². The van der Waals surface area contributed by atoms with E-state index in [2.05, 4.69) is 4.98 Å². The molecule has 5 N–H and O–H groups in total. The third-order valence-corrected chi connectivity index (χ3v) is 3.51. The lowest BCUT2D eigenvalue weighted by Gasteiger charge is -2.36. The van der Waals surface area contributed by atoms with Crippen molar-refractivity contribution in [3.63, 3.8) is 0 Å². The minimum atomic E-state index is -0.835. The van der Waals surface area contributed by atoms with E-state index in [1.54, 1.807) is 6.20 Å². The zero-order valence-electron chi connectivity index (χ0n) is 9.61. The summed E-state index contributed by atoms with van der Waals surface area (Å²) in [6.07, 6.45) is 4.69. The van der Waals surface area contributed by atoms with Gasteiger partial charge in [0.05, 0.1) is 5.60 Å². The summed E-state index contributed by atoms with van der Waals surface area (Å²) in [6.45, 7) is 1.96. The number of hydrogen-bond acceptors (Lipinski definition) is 4. The van der Waals surface area contributed by atoms with Gasteiger partial charge in [-0.2, -0.15) is 0 Å². The minimum Gasteiger partial charge on any atom is -0.385 e. The Balaban J connectivity index is 2.36. The normalized spacial score (nSPS) is 30.3. The first-order valence-corrected chi connectivity index (χ1v) is 5.72. The highest BCUT2D eigenvalue weighted by molar-refractivity contribution is 5.48. The van der Waals surface area contributed by atoms with Crippen molar-refractivity contribution in [2.24, 2.45) is 5.73 Å². The lowest BCUT2D eigenvalue weighted by atomic mass is 9.77. The SMILES string of the molecule is Cc1ccnc(N)c1C1(O)CCC(N)CC1. The maximum atomic E-state index is 10.6.